The van der Waals surface area contributed by atoms with Gasteiger partial charge in [0, 0.05) is 15.9 Å². The van der Waals surface area contributed by atoms with Crippen LogP contribution in [0.25, 0.3) is 0 Å². The van der Waals surface area contributed by atoms with Gasteiger partial charge < -0.3 is 4.74 Å². The van der Waals surface area contributed by atoms with Crippen LogP contribution in [0.1, 0.15) is 18.4 Å². The normalized spacial score (nSPS) is 17.5. The molecule has 1 aromatic rings. The zero-order chi connectivity index (χ0) is 18.0. The van der Waals surface area contributed by atoms with E-state index in [1.54, 1.807) is 11.8 Å². The summed E-state index contributed by atoms with van der Waals surface area (Å²) in [6.07, 6.45) is 0.722. The van der Waals surface area contributed by atoms with Gasteiger partial charge in [0.2, 0.25) is 10.0 Å². The van der Waals surface area contributed by atoms with E-state index in [9.17, 15) is 13.2 Å². The SMILES string of the molecule is COC(=O)C1(NS(=O)(=O)c2ccc(Cl)c(CBr)c2Cl)CCSCC1. The predicted octanol–water partition coefficient (Wildman–Crippen LogP) is 3.61. The third-order valence-corrected chi connectivity index (χ3v) is 7.85. The van der Waals surface area contributed by atoms with E-state index in [0.717, 1.165) is 0 Å². The summed E-state index contributed by atoms with van der Waals surface area (Å²) >= 11 is 17.2. The molecule has 0 unspecified atom stereocenters. The Morgan fingerprint density at radius 1 is 1.38 bits per heavy atom. The van der Waals surface area contributed by atoms with Crippen LogP contribution in [0.15, 0.2) is 17.0 Å². The summed E-state index contributed by atoms with van der Waals surface area (Å²) < 4.78 is 33.1. The van der Waals surface area contributed by atoms with Gasteiger partial charge in [-0.3, -0.25) is 4.79 Å². The molecule has 134 valence electrons. The molecule has 1 saturated heterocycles. The van der Waals surface area contributed by atoms with Crippen molar-refractivity contribution < 1.29 is 17.9 Å². The van der Waals surface area contributed by atoms with Crippen molar-refractivity contribution in [2.45, 2.75) is 28.6 Å². The van der Waals surface area contributed by atoms with Gasteiger partial charge in [0.05, 0.1) is 12.1 Å². The van der Waals surface area contributed by atoms with Crippen LogP contribution in [0.3, 0.4) is 0 Å². The Labute approximate surface area is 164 Å². The standard InChI is InChI=1S/C14H16BrCl2NO4S2/c1-22-13(19)14(4-6-23-7-5-14)18-24(20,21)11-3-2-10(16)9(8-15)12(11)17/h2-3,18H,4-8H2,1H3. The van der Waals surface area contributed by atoms with Crippen LogP contribution in [0.5, 0.6) is 0 Å². The number of carbonyl (C=O) groups is 1. The van der Waals surface area contributed by atoms with Crippen molar-refractivity contribution in [1.82, 2.24) is 4.72 Å². The first kappa shape index (κ1) is 20.3. The number of sulfonamides is 1. The summed E-state index contributed by atoms with van der Waals surface area (Å²) in [5.74, 6) is 0.745. The summed E-state index contributed by atoms with van der Waals surface area (Å²) in [5, 5.41) is 0.719. The molecule has 0 spiro atoms. The highest BCUT2D eigenvalue weighted by molar-refractivity contribution is 9.08. The Morgan fingerprint density at radius 3 is 2.54 bits per heavy atom. The molecule has 0 saturated carbocycles. The Balaban J connectivity index is 2.45. The van der Waals surface area contributed by atoms with Gasteiger partial charge >= 0.3 is 5.97 Å². The summed E-state index contributed by atoms with van der Waals surface area (Å²) in [4.78, 5) is 12.1. The second kappa shape index (κ2) is 8.14. The molecule has 1 N–H and O–H groups in total. The molecule has 0 amide bonds. The maximum Gasteiger partial charge on any atom is 0.327 e. The van der Waals surface area contributed by atoms with Crippen molar-refractivity contribution in [3.8, 4) is 0 Å². The lowest BCUT2D eigenvalue weighted by molar-refractivity contribution is -0.148. The summed E-state index contributed by atoms with van der Waals surface area (Å²) in [7, 11) is -2.78. The van der Waals surface area contributed by atoms with Crippen molar-refractivity contribution in [3.05, 3.63) is 27.7 Å². The third kappa shape index (κ3) is 4.04. The number of hydrogen-bond donors (Lipinski definition) is 1. The number of alkyl halides is 1. The van der Waals surface area contributed by atoms with Gasteiger partial charge in [-0.1, -0.05) is 39.1 Å². The lowest BCUT2D eigenvalue weighted by Crippen LogP contribution is -2.56. The monoisotopic (exact) mass is 475 g/mol. The highest BCUT2D eigenvalue weighted by Crippen LogP contribution is 2.35. The van der Waals surface area contributed by atoms with Gasteiger partial charge in [-0.2, -0.15) is 16.5 Å². The molecule has 0 aliphatic carbocycles. The number of rotatable bonds is 5. The van der Waals surface area contributed by atoms with Gasteiger partial charge in [-0.05, 0) is 36.5 Å². The van der Waals surface area contributed by atoms with Crippen LogP contribution in [0, 0.1) is 0 Å². The molecule has 1 aliphatic rings. The summed E-state index contributed by atoms with van der Waals surface area (Å²) in [5.41, 5.74) is -0.788. The van der Waals surface area contributed by atoms with Crippen molar-refractivity contribution in [2.24, 2.45) is 0 Å². The smallest absolute Gasteiger partial charge is 0.327 e. The van der Waals surface area contributed by atoms with Gasteiger partial charge in [-0.15, -0.1) is 0 Å². The second-order valence-electron chi connectivity index (χ2n) is 5.26. The van der Waals surface area contributed by atoms with Crippen molar-refractivity contribution in [1.29, 1.82) is 0 Å². The van der Waals surface area contributed by atoms with Gasteiger partial charge in [-0.25, -0.2) is 8.42 Å². The lowest BCUT2D eigenvalue weighted by atomic mass is 9.94. The average Bonchev–Trinajstić information content (AvgIpc) is 2.54. The van der Waals surface area contributed by atoms with Crippen LogP contribution in [0.2, 0.25) is 10.0 Å². The van der Waals surface area contributed by atoms with Gasteiger partial charge in [0.15, 0.2) is 0 Å². The minimum absolute atomic E-state index is 0.0390. The molecule has 10 heteroatoms. The van der Waals surface area contributed by atoms with Crippen molar-refractivity contribution in [3.63, 3.8) is 0 Å². The summed E-state index contributed by atoms with van der Waals surface area (Å²) in [6.45, 7) is 0. The fraction of sp³-hybridized carbons (Fsp3) is 0.500. The van der Waals surface area contributed by atoms with Gasteiger partial charge in [0.25, 0.3) is 0 Å². The number of nitrogens with one attached hydrogen (secondary N) is 1. The Kier molecular flexibility index (Phi) is 6.89. The topological polar surface area (TPSA) is 72.5 Å². The van der Waals surface area contributed by atoms with Crippen LogP contribution >= 0.6 is 50.9 Å². The molecule has 24 heavy (non-hydrogen) atoms. The van der Waals surface area contributed by atoms with E-state index < -0.39 is 21.5 Å². The molecular formula is C14H16BrCl2NO4S2. The Morgan fingerprint density at radius 2 is 2.00 bits per heavy atom. The molecule has 0 aromatic heterocycles. The highest BCUT2D eigenvalue weighted by atomic mass is 79.9. The number of ether oxygens (including phenoxy) is 1. The maximum absolute atomic E-state index is 12.9. The fourth-order valence-electron chi connectivity index (χ4n) is 2.48. The molecule has 1 aliphatic heterocycles. The number of benzene rings is 1. The number of hydrogen-bond acceptors (Lipinski definition) is 5. The summed E-state index contributed by atoms with van der Waals surface area (Å²) in [6, 6.07) is 2.81. The molecule has 1 fully saturated rings. The zero-order valence-corrected chi connectivity index (χ0v) is 17.5. The lowest BCUT2D eigenvalue weighted by Gasteiger charge is -2.34. The predicted molar refractivity (Wildman–Crippen MR) is 101 cm³/mol. The van der Waals surface area contributed by atoms with Crippen LogP contribution in [-0.4, -0.2) is 38.5 Å². The Hall–Kier alpha value is 0.01000. The number of esters is 1. The van der Waals surface area contributed by atoms with E-state index in [1.165, 1.54) is 19.2 Å². The first-order valence-corrected chi connectivity index (χ1v) is 11.5. The molecule has 1 heterocycles. The van der Waals surface area contributed by atoms with Crippen LogP contribution < -0.4 is 4.72 Å². The van der Waals surface area contributed by atoms with Crippen molar-refractivity contribution >= 4 is 66.9 Å². The molecule has 0 atom stereocenters. The number of halogens is 3. The van der Waals surface area contributed by atoms with Crippen LogP contribution in [-0.2, 0) is 24.9 Å². The number of methoxy groups -OCH3 is 1. The Bertz CT molecular complexity index is 737. The molecule has 1 aromatic carbocycles. The van der Waals surface area contributed by atoms with E-state index in [-0.39, 0.29) is 9.92 Å². The second-order valence-corrected chi connectivity index (χ2v) is 9.48. The average molecular weight is 477 g/mol. The minimum Gasteiger partial charge on any atom is -0.468 e. The molecule has 5 nitrogen and oxygen atoms in total. The van der Waals surface area contributed by atoms with E-state index in [0.29, 0.717) is 40.3 Å². The molecule has 2 rings (SSSR count). The highest BCUT2D eigenvalue weighted by Gasteiger charge is 2.44. The molecular weight excluding hydrogens is 461 g/mol. The van der Waals surface area contributed by atoms with E-state index >= 15 is 0 Å². The van der Waals surface area contributed by atoms with Gasteiger partial charge in [0.1, 0.15) is 10.4 Å². The quantitative estimate of drug-likeness (QED) is 0.519. The van der Waals surface area contributed by atoms with E-state index in [1.807, 2.05) is 0 Å². The number of carbonyl (C=O) groups excluding carboxylic acids is 1. The third-order valence-electron chi connectivity index (χ3n) is 3.83. The first-order chi connectivity index (χ1) is 11.3. The maximum atomic E-state index is 12.9. The van der Waals surface area contributed by atoms with E-state index in [2.05, 4.69) is 20.7 Å². The largest absolute Gasteiger partial charge is 0.468 e. The zero-order valence-electron chi connectivity index (χ0n) is 12.8. The first-order valence-electron chi connectivity index (χ1n) is 7.00. The number of thioether (sulfide) groups is 1. The van der Waals surface area contributed by atoms with E-state index in [4.69, 9.17) is 27.9 Å². The van der Waals surface area contributed by atoms with Crippen LogP contribution in [0.4, 0.5) is 0 Å². The minimum atomic E-state index is -4.02. The van der Waals surface area contributed by atoms with Crippen molar-refractivity contribution in [2.75, 3.05) is 18.6 Å². The fourth-order valence-corrected chi connectivity index (χ4v) is 6.90. The molecule has 0 bridgehead atoms. The molecule has 0 radical (unpaired) electrons.